The molecule has 0 radical (unpaired) electrons. The van der Waals surface area contributed by atoms with Crippen molar-refractivity contribution in [3.05, 3.63) is 0 Å². The minimum absolute atomic E-state index is 0.0298. The molecule has 0 aromatic heterocycles. The van der Waals surface area contributed by atoms with Gasteiger partial charge in [-0.3, -0.25) is 9.59 Å². The van der Waals surface area contributed by atoms with Crippen LogP contribution in [0.1, 0.15) is 33.1 Å². The van der Waals surface area contributed by atoms with Gasteiger partial charge in [0.05, 0.1) is 5.75 Å². The summed E-state index contributed by atoms with van der Waals surface area (Å²) in [4.78, 5) is 21.3. The third-order valence-electron chi connectivity index (χ3n) is 1.44. The lowest BCUT2D eigenvalue weighted by Gasteiger charge is -2.14. The summed E-state index contributed by atoms with van der Waals surface area (Å²) in [7, 11) is 0. The highest BCUT2D eigenvalue weighted by Gasteiger charge is 2.13. The maximum absolute atomic E-state index is 11.1. The molecule has 4 nitrogen and oxygen atoms in total. The zero-order chi connectivity index (χ0) is 11.0. The van der Waals surface area contributed by atoms with Gasteiger partial charge in [0, 0.05) is 6.42 Å². The Kier molecular flexibility index (Phi) is 7.28. The molecule has 0 aliphatic rings. The number of hydrogen-bond donors (Lipinski definition) is 1. The zero-order valence-electron chi connectivity index (χ0n) is 8.49. The molecular weight excluding hydrogens is 204 g/mol. The summed E-state index contributed by atoms with van der Waals surface area (Å²) in [6.45, 7) is 3.76. The van der Waals surface area contributed by atoms with Gasteiger partial charge in [-0.05, 0) is 12.8 Å². The number of carbonyl (C=O) groups excluding carboxylic acids is 1. The monoisotopic (exact) mass is 220 g/mol. The van der Waals surface area contributed by atoms with Crippen molar-refractivity contribution in [3.63, 3.8) is 0 Å². The average molecular weight is 220 g/mol. The van der Waals surface area contributed by atoms with Crippen molar-refractivity contribution < 1.29 is 19.4 Å². The van der Waals surface area contributed by atoms with E-state index in [4.69, 9.17) is 9.84 Å². The molecule has 0 aliphatic heterocycles. The molecule has 0 heterocycles. The molecule has 0 aromatic carbocycles. The van der Waals surface area contributed by atoms with Crippen molar-refractivity contribution in [2.24, 2.45) is 0 Å². The molecule has 0 bridgehead atoms. The van der Waals surface area contributed by atoms with Gasteiger partial charge in [0.25, 0.3) is 0 Å². The second-order valence-electron chi connectivity index (χ2n) is 2.78. The lowest BCUT2D eigenvalue weighted by atomic mass is 10.3. The first-order chi connectivity index (χ1) is 6.60. The van der Waals surface area contributed by atoms with E-state index in [2.05, 4.69) is 0 Å². The third-order valence-corrected chi connectivity index (χ3v) is 2.66. The smallest absolute Gasteiger partial charge is 0.313 e. The van der Waals surface area contributed by atoms with Gasteiger partial charge in [-0.25, -0.2) is 0 Å². The minimum Gasteiger partial charge on any atom is -0.481 e. The quantitative estimate of drug-likeness (QED) is 0.524. The number of carbonyl (C=O) groups is 2. The highest BCUT2D eigenvalue weighted by Crippen LogP contribution is 2.16. The number of aliphatic carboxylic acids is 1. The summed E-state index contributed by atoms with van der Waals surface area (Å²) in [6, 6.07) is 0. The predicted octanol–water partition coefficient (Wildman–Crippen LogP) is 1.88. The van der Waals surface area contributed by atoms with Crippen LogP contribution in [0.15, 0.2) is 0 Å². The van der Waals surface area contributed by atoms with Crippen LogP contribution in [0.25, 0.3) is 0 Å². The first-order valence-corrected chi connectivity index (χ1v) is 5.67. The zero-order valence-corrected chi connectivity index (χ0v) is 9.30. The molecule has 0 saturated heterocycles. The van der Waals surface area contributed by atoms with Gasteiger partial charge >= 0.3 is 11.9 Å². The first-order valence-electron chi connectivity index (χ1n) is 4.63. The molecule has 0 fully saturated rings. The second kappa shape index (κ2) is 7.67. The Labute approximate surface area is 88.0 Å². The molecule has 0 amide bonds. The van der Waals surface area contributed by atoms with Gasteiger partial charge in [0.15, 0.2) is 0 Å². The van der Waals surface area contributed by atoms with Crippen LogP contribution in [0, 0.1) is 0 Å². The molecule has 5 heteroatoms. The van der Waals surface area contributed by atoms with E-state index in [0.717, 1.165) is 18.2 Å². The normalized spacial score (nSPS) is 12.1. The van der Waals surface area contributed by atoms with Crippen molar-refractivity contribution in [1.29, 1.82) is 0 Å². The lowest BCUT2D eigenvalue weighted by molar-refractivity contribution is -0.145. The van der Waals surface area contributed by atoms with Gasteiger partial charge < -0.3 is 9.84 Å². The first kappa shape index (κ1) is 13.3. The minimum atomic E-state index is -0.889. The fraction of sp³-hybridized carbons (Fsp3) is 0.778. The van der Waals surface area contributed by atoms with Crippen LogP contribution in [-0.4, -0.2) is 28.2 Å². The molecule has 1 unspecified atom stereocenters. The number of carboxylic acid groups (broad SMARTS) is 1. The van der Waals surface area contributed by atoms with Crippen molar-refractivity contribution in [2.75, 3.05) is 5.75 Å². The van der Waals surface area contributed by atoms with Crippen molar-refractivity contribution in [2.45, 2.75) is 38.5 Å². The Balaban J connectivity index is 3.78. The summed E-state index contributed by atoms with van der Waals surface area (Å²) >= 11 is 1.14. The fourth-order valence-electron chi connectivity index (χ4n) is 0.809. The number of carboxylic acids is 1. The molecule has 1 N–H and O–H groups in total. The average Bonchev–Trinajstić information content (AvgIpc) is 2.12. The van der Waals surface area contributed by atoms with Gasteiger partial charge in [-0.2, -0.15) is 0 Å². The van der Waals surface area contributed by atoms with Crippen molar-refractivity contribution >= 4 is 23.7 Å². The molecule has 0 aromatic rings. The number of esters is 1. The van der Waals surface area contributed by atoms with Crippen molar-refractivity contribution in [3.8, 4) is 0 Å². The largest absolute Gasteiger partial charge is 0.481 e. The Morgan fingerprint density at radius 1 is 1.43 bits per heavy atom. The third kappa shape index (κ3) is 6.77. The van der Waals surface area contributed by atoms with Crippen LogP contribution in [0.4, 0.5) is 0 Å². The molecule has 0 rings (SSSR count). The summed E-state index contributed by atoms with van der Waals surface area (Å²) in [6.07, 6.45) is 1.77. The van der Waals surface area contributed by atoms with E-state index >= 15 is 0 Å². The van der Waals surface area contributed by atoms with E-state index < -0.39 is 5.97 Å². The fourth-order valence-corrected chi connectivity index (χ4v) is 1.55. The van der Waals surface area contributed by atoms with Crippen LogP contribution >= 0.6 is 11.8 Å². The van der Waals surface area contributed by atoms with Crippen LogP contribution < -0.4 is 0 Å². The molecular formula is C9H16O4S. The van der Waals surface area contributed by atoms with E-state index in [-0.39, 0.29) is 17.2 Å². The maximum Gasteiger partial charge on any atom is 0.313 e. The Bertz CT molecular complexity index is 193. The molecule has 82 valence electrons. The van der Waals surface area contributed by atoms with Crippen molar-refractivity contribution in [1.82, 2.24) is 0 Å². The van der Waals surface area contributed by atoms with Gasteiger partial charge in [-0.15, -0.1) is 11.8 Å². The van der Waals surface area contributed by atoms with Crippen LogP contribution in [0.3, 0.4) is 0 Å². The molecule has 14 heavy (non-hydrogen) atoms. The molecule has 0 saturated carbocycles. The van der Waals surface area contributed by atoms with Gasteiger partial charge in [0.2, 0.25) is 0 Å². The van der Waals surface area contributed by atoms with Gasteiger partial charge in [0.1, 0.15) is 5.44 Å². The van der Waals surface area contributed by atoms with Crippen LogP contribution in [-0.2, 0) is 14.3 Å². The molecule has 0 aliphatic carbocycles. The van der Waals surface area contributed by atoms with E-state index in [1.807, 2.05) is 13.8 Å². The van der Waals surface area contributed by atoms with Gasteiger partial charge in [-0.1, -0.05) is 13.8 Å². The standard InChI is InChI=1S/C9H16O4S/c1-3-5-8(12)13-9(4-2)14-6-7(10)11/h9H,3-6H2,1-2H3,(H,10,11). The highest BCUT2D eigenvalue weighted by molar-refractivity contribution is 8.00. The van der Waals surface area contributed by atoms with Crippen LogP contribution in [0.2, 0.25) is 0 Å². The Morgan fingerprint density at radius 3 is 2.50 bits per heavy atom. The summed E-state index contributed by atoms with van der Waals surface area (Å²) < 4.78 is 5.05. The number of thioether (sulfide) groups is 1. The summed E-state index contributed by atoms with van der Waals surface area (Å²) in [5.41, 5.74) is -0.329. The van der Waals surface area contributed by atoms with E-state index in [0.29, 0.717) is 12.8 Å². The maximum atomic E-state index is 11.1. The topological polar surface area (TPSA) is 63.6 Å². The summed E-state index contributed by atoms with van der Waals surface area (Å²) in [5, 5.41) is 8.43. The lowest BCUT2D eigenvalue weighted by Crippen LogP contribution is -2.16. The SMILES string of the molecule is CCCC(=O)OC(CC)SCC(=O)O. The number of ether oxygens (including phenoxy) is 1. The molecule has 0 spiro atoms. The number of hydrogen-bond acceptors (Lipinski definition) is 4. The predicted molar refractivity (Wildman–Crippen MR) is 55.2 cm³/mol. The van der Waals surface area contributed by atoms with E-state index in [1.165, 1.54) is 0 Å². The Hall–Kier alpha value is -0.710. The second-order valence-corrected chi connectivity index (χ2v) is 3.93. The van der Waals surface area contributed by atoms with E-state index in [9.17, 15) is 9.59 Å². The molecule has 1 atom stereocenters. The Morgan fingerprint density at radius 2 is 2.07 bits per heavy atom. The summed E-state index contributed by atoms with van der Waals surface area (Å²) in [5.74, 6) is -1.17. The highest BCUT2D eigenvalue weighted by atomic mass is 32.2. The van der Waals surface area contributed by atoms with E-state index in [1.54, 1.807) is 0 Å². The van der Waals surface area contributed by atoms with Crippen LogP contribution in [0.5, 0.6) is 0 Å². The number of rotatable bonds is 7.